The molecule has 0 spiro atoms. The molecule has 5 nitrogen and oxygen atoms in total. The van der Waals surface area contributed by atoms with Crippen LogP contribution in [-0.2, 0) is 24.2 Å². The maximum atomic E-state index is 12.5. The highest BCUT2D eigenvalue weighted by molar-refractivity contribution is 5.85. The smallest absolute Gasteiger partial charge is 0.231 e. The maximum Gasteiger partial charge on any atom is 0.231 e. The largest absolute Gasteiger partial charge is 0.492 e. The molecule has 1 aliphatic heterocycles. The van der Waals surface area contributed by atoms with Gasteiger partial charge in [-0.05, 0) is 12.5 Å². The number of hydrogen-bond donors (Lipinski definition) is 1. The summed E-state index contributed by atoms with van der Waals surface area (Å²) >= 11 is 0. The van der Waals surface area contributed by atoms with Crippen molar-refractivity contribution in [2.45, 2.75) is 39.2 Å². The van der Waals surface area contributed by atoms with Gasteiger partial charge in [0.05, 0.1) is 5.69 Å². The van der Waals surface area contributed by atoms with Crippen LogP contribution in [-0.4, -0.2) is 17.7 Å². The second kappa shape index (κ2) is 6.22. The van der Waals surface area contributed by atoms with Crippen LogP contribution < -0.4 is 10.1 Å². The molecule has 2 aromatic rings. The van der Waals surface area contributed by atoms with Crippen molar-refractivity contribution in [2.24, 2.45) is 0 Å². The number of carbonyl (C=O) groups excluding carboxylic acids is 1. The van der Waals surface area contributed by atoms with Crippen molar-refractivity contribution in [1.29, 1.82) is 0 Å². The number of fused-ring (bicyclic) bond motifs is 1. The van der Waals surface area contributed by atoms with Gasteiger partial charge in [0.15, 0.2) is 0 Å². The Hall–Kier alpha value is -2.30. The first kappa shape index (κ1) is 14.6. The summed E-state index contributed by atoms with van der Waals surface area (Å²) in [4.78, 5) is 12.5. The average Bonchev–Trinajstić information content (AvgIpc) is 3.15. The van der Waals surface area contributed by atoms with Crippen LogP contribution >= 0.6 is 0 Å². The summed E-state index contributed by atoms with van der Waals surface area (Å²) in [6, 6.07) is 7.68. The molecule has 1 amide bonds. The highest BCUT2D eigenvalue weighted by Gasteiger charge is 2.30. The van der Waals surface area contributed by atoms with E-state index in [0.29, 0.717) is 13.2 Å². The Morgan fingerprint density at radius 1 is 1.32 bits per heavy atom. The lowest BCUT2D eigenvalue weighted by Crippen LogP contribution is -2.30. The average molecular weight is 300 g/mol. The van der Waals surface area contributed by atoms with E-state index in [-0.39, 0.29) is 11.8 Å². The van der Waals surface area contributed by atoms with Gasteiger partial charge in [-0.2, -0.15) is 0 Å². The van der Waals surface area contributed by atoms with E-state index in [1.807, 2.05) is 38.1 Å². The van der Waals surface area contributed by atoms with E-state index in [2.05, 4.69) is 10.5 Å². The van der Waals surface area contributed by atoms with Gasteiger partial charge < -0.3 is 14.6 Å². The summed E-state index contributed by atoms with van der Waals surface area (Å²) in [7, 11) is 0. The number of aromatic nitrogens is 1. The van der Waals surface area contributed by atoms with Gasteiger partial charge in [-0.1, -0.05) is 37.2 Å². The standard InChI is InChI=1S/C17H20N2O3/c1-3-14-12(15(4-2)22-19-14)9-18-17(20)13-10-21-16-8-6-5-7-11(13)16/h5-8,13H,3-4,9-10H2,1-2H3,(H,18,20). The van der Waals surface area contributed by atoms with Gasteiger partial charge >= 0.3 is 0 Å². The van der Waals surface area contributed by atoms with Crippen molar-refractivity contribution in [2.75, 3.05) is 6.61 Å². The SMILES string of the molecule is CCc1noc(CC)c1CNC(=O)C1COc2ccccc21. The first-order valence-corrected chi connectivity index (χ1v) is 7.70. The molecular formula is C17H20N2O3. The molecule has 3 rings (SSSR count). The molecule has 0 fully saturated rings. The van der Waals surface area contributed by atoms with Crippen molar-refractivity contribution in [3.8, 4) is 5.75 Å². The van der Waals surface area contributed by atoms with Crippen LogP contribution in [0.5, 0.6) is 5.75 Å². The lowest BCUT2D eigenvalue weighted by Gasteiger charge is -2.10. The lowest BCUT2D eigenvalue weighted by atomic mass is 10.0. The van der Waals surface area contributed by atoms with Gasteiger partial charge in [-0.25, -0.2) is 0 Å². The van der Waals surface area contributed by atoms with Crippen molar-refractivity contribution >= 4 is 5.91 Å². The summed E-state index contributed by atoms with van der Waals surface area (Å²) in [5.41, 5.74) is 2.88. The molecule has 1 unspecified atom stereocenters. The van der Waals surface area contributed by atoms with E-state index < -0.39 is 0 Å². The fourth-order valence-corrected chi connectivity index (χ4v) is 2.82. The normalized spacial score (nSPS) is 16.2. The Morgan fingerprint density at radius 2 is 2.14 bits per heavy atom. The molecule has 1 N–H and O–H groups in total. The third kappa shape index (κ3) is 2.58. The molecule has 0 aliphatic carbocycles. The Bertz CT molecular complexity index is 657. The quantitative estimate of drug-likeness (QED) is 0.922. The molecule has 1 aliphatic rings. The number of amides is 1. The summed E-state index contributed by atoms with van der Waals surface area (Å²) in [5.74, 6) is 1.39. The Balaban J connectivity index is 1.70. The minimum Gasteiger partial charge on any atom is -0.492 e. The monoisotopic (exact) mass is 300 g/mol. The zero-order valence-corrected chi connectivity index (χ0v) is 12.9. The number of aryl methyl sites for hydroxylation is 2. The fourth-order valence-electron chi connectivity index (χ4n) is 2.82. The Morgan fingerprint density at radius 3 is 2.91 bits per heavy atom. The molecule has 0 saturated heterocycles. The van der Waals surface area contributed by atoms with Crippen molar-refractivity contribution in [3.63, 3.8) is 0 Å². The summed E-state index contributed by atoms with van der Waals surface area (Å²) in [6.07, 6.45) is 1.57. The van der Waals surface area contributed by atoms with Crippen LogP contribution in [0.2, 0.25) is 0 Å². The predicted molar refractivity (Wildman–Crippen MR) is 81.8 cm³/mol. The van der Waals surface area contributed by atoms with Crippen LogP contribution in [0.4, 0.5) is 0 Å². The van der Waals surface area contributed by atoms with E-state index in [0.717, 1.165) is 41.2 Å². The first-order valence-electron chi connectivity index (χ1n) is 7.70. The molecule has 0 saturated carbocycles. The minimum absolute atomic E-state index is 0.0183. The molecule has 0 bridgehead atoms. The number of nitrogens with one attached hydrogen (secondary N) is 1. The van der Waals surface area contributed by atoms with Gasteiger partial charge in [0.2, 0.25) is 5.91 Å². The van der Waals surface area contributed by atoms with Crippen molar-refractivity contribution in [1.82, 2.24) is 10.5 Å². The number of hydrogen-bond acceptors (Lipinski definition) is 4. The highest BCUT2D eigenvalue weighted by atomic mass is 16.5. The summed E-state index contributed by atoms with van der Waals surface area (Å²) < 4.78 is 10.9. The zero-order chi connectivity index (χ0) is 15.5. The van der Waals surface area contributed by atoms with Gasteiger partial charge in [0, 0.05) is 24.1 Å². The number of carbonyl (C=O) groups is 1. The number of benzene rings is 1. The second-order valence-electron chi connectivity index (χ2n) is 5.36. The Labute approximate surface area is 129 Å². The van der Waals surface area contributed by atoms with Crippen molar-refractivity contribution in [3.05, 3.63) is 46.8 Å². The Kier molecular flexibility index (Phi) is 4.13. The van der Waals surface area contributed by atoms with Crippen molar-refractivity contribution < 1.29 is 14.1 Å². The number of para-hydroxylation sites is 1. The summed E-state index contributed by atoms with van der Waals surface area (Å²) in [6.45, 7) is 4.90. The van der Waals surface area contributed by atoms with E-state index >= 15 is 0 Å². The molecular weight excluding hydrogens is 280 g/mol. The lowest BCUT2D eigenvalue weighted by molar-refractivity contribution is -0.122. The maximum absolute atomic E-state index is 12.5. The van der Waals surface area contributed by atoms with Gasteiger partial charge in [-0.15, -0.1) is 0 Å². The molecule has 116 valence electrons. The van der Waals surface area contributed by atoms with E-state index in [1.54, 1.807) is 0 Å². The van der Waals surface area contributed by atoms with Gasteiger partial charge in [0.25, 0.3) is 0 Å². The first-order chi connectivity index (χ1) is 10.7. The van der Waals surface area contributed by atoms with Crippen LogP contribution in [0.3, 0.4) is 0 Å². The molecule has 2 heterocycles. The zero-order valence-electron chi connectivity index (χ0n) is 12.9. The van der Waals surface area contributed by atoms with E-state index in [9.17, 15) is 4.79 Å². The van der Waals surface area contributed by atoms with E-state index in [1.165, 1.54) is 0 Å². The molecule has 1 aromatic heterocycles. The van der Waals surface area contributed by atoms with Crippen LogP contribution in [0.25, 0.3) is 0 Å². The number of ether oxygens (including phenoxy) is 1. The number of rotatable bonds is 5. The van der Waals surface area contributed by atoms with Crippen LogP contribution in [0.15, 0.2) is 28.8 Å². The molecule has 1 aromatic carbocycles. The molecule has 1 atom stereocenters. The third-order valence-electron chi connectivity index (χ3n) is 4.06. The summed E-state index contributed by atoms with van der Waals surface area (Å²) in [5, 5.41) is 7.06. The number of nitrogens with zero attached hydrogens (tertiary/aromatic N) is 1. The fraction of sp³-hybridized carbons (Fsp3) is 0.412. The molecule has 0 radical (unpaired) electrons. The second-order valence-corrected chi connectivity index (χ2v) is 5.36. The van der Waals surface area contributed by atoms with Gasteiger partial charge in [0.1, 0.15) is 24.0 Å². The van der Waals surface area contributed by atoms with E-state index in [4.69, 9.17) is 9.26 Å². The third-order valence-corrected chi connectivity index (χ3v) is 4.06. The van der Waals surface area contributed by atoms with Crippen LogP contribution in [0.1, 0.15) is 42.3 Å². The van der Waals surface area contributed by atoms with Gasteiger partial charge in [-0.3, -0.25) is 4.79 Å². The van der Waals surface area contributed by atoms with Crippen LogP contribution in [0, 0.1) is 0 Å². The topological polar surface area (TPSA) is 64.4 Å². The molecule has 22 heavy (non-hydrogen) atoms. The minimum atomic E-state index is -0.244. The molecule has 5 heteroatoms. The highest BCUT2D eigenvalue weighted by Crippen LogP contribution is 2.33. The predicted octanol–water partition coefficient (Wildman–Crippen LogP) is 2.59.